The van der Waals surface area contributed by atoms with Crippen molar-refractivity contribution in [3.63, 3.8) is 0 Å². The molecule has 1 amide bonds. The highest BCUT2D eigenvalue weighted by molar-refractivity contribution is 7.99. The molecule has 26 heavy (non-hydrogen) atoms. The molecule has 0 spiro atoms. The average molecular weight is 366 g/mol. The van der Waals surface area contributed by atoms with E-state index in [0.29, 0.717) is 11.7 Å². The number of rotatable bonds is 6. The van der Waals surface area contributed by atoms with Crippen LogP contribution in [-0.4, -0.2) is 21.2 Å². The third kappa shape index (κ3) is 4.35. The van der Waals surface area contributed by atoms with Crippen molar-refractivity contribution in [1.29, 1.82) is 0 Å². The number of carbonyl (C=O) groups excluding carboxylic acids is 1. The Balaban J connectivity index is 1.65. The van der Waals surface area contributed by atoms with Crippen molar-refractivity contribution in [3.8, 4) is 5.69 Å². The predicted molar refractivity (Wildman–Crippen MR) is 108 cm³/mol. The third-order valence-electron chi connectivity index (χ3n) is 4.20. The quantitative estimate of drug-likeness (QED) is 0.623. The third-order valence-corrected chi connectivity index (χ3v) is 5.16. The van der Waals surface area contributed by atoms with E-state index in [4.69, 9.17) is 0 Å². The van der Waals surface area contributed by atoms with Gasteiger partial charge in [0.2, 0.25) is 5.91 Å². The number of thioether (sulfide) groups is 1. The fourth-order valence-corrected chi connectivity index (χ4v) is 3.42. The van der Waals surface area contributed by atoms with Gasteiger partial charge < -0.3 is 5.32 Å². The zero-order chi connectivity index (χ0) is 18.5. The number of nitrogens with zero attached hydrogens (tertiary/aromatic N) is 2. The van der Waals surface area contributed by atoms with Gasteiger partial charge in [0, 0.05) is 23.8 Å². The van der Waals surface area contributed by atoms with E-state index in [0.717, 1.165) is 22.1 Å². The molecular weight excluding hydrogens is 342 g/mol. The second-order valence-corrected chi connectivity index (χ2v) is 7.42. The number of carbonyl (C=O) groups is 1. The second-order valence-electron chi connectivity index (χ2n) is 6.48. The number of nitrogens with one attached hydrogen (secondary N) is 1. The fraction of sp³-hybridized carbons (Fsp3) is 0.238. The van der Waals surface area contributed by atoms with Crippen LogP contribution in [-0.2, 0) is 4.79 Å². The van der Waals surface area contributed by atoms with Gasteiger partial charge in [0.05, 0.1) is 5.75 Å². The molecule has 1 heterocycles. The van der Waals surface area contributed by atoms with E-state index in [9.17, 15) is 4.79 Å². The van der Waals surface area contributed by atoms with Crippen molar-refractivity contribution in [2.75, 3.05) is 11.1 Å². The molecule has 1 aromatic heterocycles. The molecule has 0 bridgehead atoms. The van der Waals surface area contributed by atoms with E-state index in [1.807, 2.05) is 42.0 Å². The van der Waals surface area contributed by atoms with Crippen molar-refractivity contribution in [2.24, 2.45) is 0 Å². The van der Waals surface area contributed by atoms with E-state index >= 15 is 0 Å². The molecule has 4 nitrogen and oxygen atoms in total. The number of amides is 1. The van der Waals surface area contributed by atoms with Gasteiger partial charge in [-0.2, -0.15) is 0 Å². The summed E-state index contributed by atoms with van der Waals surface area (Å²) in [6, 6.07) is 16.2. The van der Waals surface area contributed by atoms with E-state index in [1.165, 1.54) is 17.3 Å². The molecule has 0 aliphatic rings. The molecule has 0 saturated carbocycles. The van der Waals surface area contributed by atoms with Gasteiger partial charge in [-0.15, -0.1) is 0 Å². The second kappa shape index (κ2) is 8.23. The van der Waals surface area contributed by atoms with Crippen molar-refractivity contribution in [2.45, 2.75) is 31.8 Å². The van der Waals surface area contributed by atoms with Crippen LogP contribution in [0, 0.1) is 6.92 Å². The first-order valence-electron chi connectivity index (χ1n) is 8.66. The van der Waals surface area contributed by atoms with Gasteiger partial charge in [0.15, 0.2) is 5.16 Å². The number of anilines is 1. The van der Waals surface area contributed by atoms with Crippen LogP contribution in [0.5, 0.6) is 0 Å². The summed E-state index contributed by atoms with van der Waals surface area (Å²) >= 11 is 1.43. The molecule has 0 fully saturated rings. The van der Waals surface area contributed by atoms with Gasteiger partial charge in [-0.1, -0.05) is 55.9 Å². The minimum atomic E-state index is -0.0333. The van der Waals surface area contributed by atoms with Crippen LogP contribution in [0.1, 0.15) is 30.9 Å². The maximum absolute atomic E-state index is 12.3. The highest BCUT2D eigenvalue weighted by atomic mass is 32.2. The summed E-state index contributed by atoms with van der Waals surface area (Å²) in [7, 11) is 0. The minimum absolute atomic E-state index is 0.0333. The molecule has 5 heteroatoms. The molecule has 1 N–H and O–H groups in total. The summed E-state index contributed by atoms with van der Waals surface area (Å²) in [6.45, 7) is 6.34. The highest BCUT2D eigenvalue weighted by Crippen LogP contribution is 2.23. The van der Waals surface area contributed by atoms with Crippen LogP contribution in [0.4, 0.5) is 5.69 Å². The Labute approximate surface area is 158 Å². The summed E-state index contributed by atoms with van der Waals surface area (Å²) in [5, 5.41) is 3.76. The predicted octanol–water partition coefficient (Wildman–Crippen LogP) is 5.03. The Bertz CT molecular complexity index is 884. The number of benzene rings is 2. The lowest BCUT2D eigenvalue weighted by Gasteiger charge is -2.11. The molecular formula is C21H23N3OS. The van der Waals surface area contributed by atoms with Crippen molar-refractivity contribution < 1.29 is 4.79 Å². The Kier molecular flexibility index (Phi) is 5.78. The molecule has 0 aliphatic heterocycles. The molecule has 2 aromatic carbocycles. The standard InChI is InChI=1S/C21H23N3OS/c1-15(2)17-8-10-18(11-9-17)24-13-12-22-21(24)26-14-20(25)23-19-7-5-4-6-16(19)3/h4-13,15H,14H2,1-3H3,(H,23,25). The lowest BCUT2D eigenvalue weighted by atomic mass is 10.0. The number of hydrogen-bond acceptors (Lipinski definition) is 3. The van der Waals surface area contributed by atoms with Crippen LogP contribution in [0.15, 0.2) is 66.1 Å². The van der Waals surface area contributed by atoms with E-state index in [2.05, 4.69) is 48.4 Å². The monoisotopic (exact) mass is 365 g/mol. The first kappa shape index (κ1) is 18.3. The zero-order valence-electron chi connectivity index (χ0n) is 15.3. The Morgan fingerprint density at radius 1 is 1.15 bits per heavy atom. The lowest BCUT2D eigenvalue weighted by molar-refractivity contribution is -0.113. The van der Waals surface area contributed by atoms with Crippen LogP contribution < -0.4 is 5.32 Å². The molecule has 0 unspecified atom stereocenters. The Hall–Kier alpha value is -2.53. The molecule has 3 rings (SSSR count). The highest BCUT2D eigenvalue weighted by Gasteiger charge is 2.10. The summed E-state index contributed by atoms with van der Waals surface area (Å²) in [5.74, 6) is 0.787. The van der Waals surface area contributed by atoms with Gasteiger partial charge in [0.1, 0.15) is 0 Å². The van der Waals surface area contributed by atoms with Gasteiger partial charge >= 0.3 is 0 Å². The smallest absolute Gasteiger partial charge is 0.234 e. The molecule has 0 saturated heterocycles. The van der Waals surface area contributed by atoms with Crippen LogP contribution in [0.2, 0.25) is 0 Å². The van der Waals surface area contributed by atoms with Crippen LogP contribution in [0.3, 0.4) is 0 Å². The Morgan fingerprint density at radius 3 is 2.58 bits per heavy atom. The first-order chi connectivity index (χ1) is 12.5. The molecule has 0 aliphatic carbocycles. The summed E-state index contributed by atoms with van der Waals surface area (Å²) in [5.41, 5.74) is 4.26. The van der Waals surface area contributed by atoms with Crippen LogP contribution >= 0.6 is 11.8 Å². The van der Waals surface area contributed by atoms with Crippen molar-refractivity contribution >= 4 is 23.4 Å². The molecule has 0 radical (unpaired) electrons. The number of para-hydroxylation sites is 1. The maximum atomic E-state index is 12.3. The zero-order valence-corrected chi connectivity index (χ0v) is 16.1. The molecule has 134 valence electrons. The number of imidazole rings is 1. The van der Waals surface area contributed by atoms with Crippen molar-refractivity contribution in [3.05, 3.63) is 72.1 Å². The normalized spacial score (nSPS) is 10.9. The summed E-state index contributed by atoms with van der Waals surface area (Å²) < 4.78 is 2.01. The number of aromatic nitrogens is 2. The number of hydrogen-bond donors (Lipinski definition) is 1. The first-order valence-corrected chi connectivity index (χ1v) is 9.65. The SMILES string of the molecule is Cc1ccccc1NC(=O)CSc1nccn1-c1ccc(C(C)C)cc1. The Morgan fingerprint density at radius 2 is 1.88 bits per heavy atom. The van der Waals surface area contributed by atoms with Gasteiger partial charge in [0.25, 0.3) is 0 Å². The topological polar surface area (TPSA) is 46.9 Å². The average Bonchev–Trinajstić information content (AvgIpc) is 3.10. The fourth-order valence-electron chi connectivity index (χ4n) is 2.64. The lowest BCUT2D eigenvalue weighted by Crippen LogP contribution is -2.15. The largest absolute Gasteiger partial charge is 0.325 e. The van der Waals surface area contributed by atoms with Gasteiger partial charge in [-0.25, -0.2) is 4.98 Å². The van der Waals surface area contributed by atoms with Crippen LogP contribution in [0.25, 0.3) is 5.69 Å². The van der Waals surface area contributed by atoms with Gasteiger partial charge in [-0.3, -0.25) is 9.36 Å². The molecule has 0 atom stereocenters. The van der Waals surface area contributed by atoms with E-state index in [1.54, 1.807) is 6.20 Å². The molecule has 3 aromatic rings. The van der Waals surface area contributed by atoms with E-state index in [-0.39, 0.29) is 5.91 Å². The van der Waals surface area contributed by atoms with E-state index < -0.39 is 0 Å². The minimum Gasteiger partial charge on any atom is -0.325 e. The van der Waals surface area contributed by atoms with Gasteiger partial charge in [-0.05, 0) is 42.2 Å². The summed E-state index contributed by atoms with van der Waals surface area (Å²) in [4.78, 5) is 16.7. The number of aryl methyl sites for hydroxylation is 1. The van der Waals surface area contributed by atoms with Crippen molar-refractivity contribution in [1.82, 2.24) is 9.55 Å². The maximum Gasteiger partial charge on any atom is 0.234 e. The summed E-state index contributed by atoms with van der Waals surface area (Å²) in [6.07, 6.45) is 3.68.